The molecule has 0 spiro atoms. The van der Waals surface area contributed by atoms with Gasteiger partial charge in [0.25, 0.3) is 0 Å². The molecule has 0 unspecified atom stereocenters. The first-order valence-electron chi connectivity index (χ1n) is 8.39. The van der Waals surface area contributed by atoms with Gasteiger partial charge in [0, 0.05) is 5.92 Å². The zero-order valence-electron chi connectivity index (χ0n) is 13.7. The molecule has 1 aliphatic rings. The quantitative estimate of drug-likeness (QED) is 0.827. The van der Waals surface area contributed by atoms with Crippen molar-refractivity contribution < 1.29 is 9.53 Å². The molecule has 0 saturated heterocycles. The van der Waals surface area contributed by atoms with Gasteiger partial charge in [0.1, 0.15) is 10.8 Å². The van der Waals surface area contributed by atoms with Gasteiger partial charge < -0.3 is 10.1 Å². The van der Waals surface area contributed by atoms with Crippen LogP contribution in [0.3, 0.4) is 0 Å². The van der Waals surface area contributed by atoms with Crippen molar-refractivity contribution in [3.63, 3.8) is 0 Å². The largest absolute Gasteiger partial charge is 0.492 e. The number of rotatable bonds is 5. The third-order valence-corrected chi connectivity index (χ3v) is 5.05. The van der Waals surface area contributed by atoms with E-state index in [0.717, 1.165) is 5.01 Å². The van der Waals surface area contributed by atoms with E-state index in [4.69, 9.17) is 4.74 Å². The molecule has 0 bridgehead atoms. The zero-order valence-corrected chi connectivity index (χ0v) is 14.6. The van der Waals surface area contributed by atoms with Crippen LogP contribution in [0.25, 0.3) is 0 Å². The predicted molar refractivity (Wildman–Crippen MR) is 96.0 cm³/mol. The summed E-state index contributed by atoms with van der Waals surface area (Å²) in [5.74, 6) is 1.14. The molecule has 2 amide bonds. The third kappa shape index (κ3) is 4.23. The van der Waals surface area contributed by atoms with E-state index in [1.54, 1.807) is 6.07 Å². The van der Waals surface area contributed by atoms with Crippen LogP contribution in [-0.2, 0) is 0 Å². The molecule has 1 aromatic carbocycles. The van der Waals surface area contributed by atoms with Crippen molar-refractivity contribution in [2.45, 2.75) is 44.9 Å². The Balaban J connectivity index is 1.60. The van der Waals surface area contributed by atoms with Crippen LogP contribution in [0, 0.1) is 0 Å². The van der Waals surface area contributed by atoms with Crippen LogP contribution in [-0.4, -0.2) is 22.8 Å². The molecule has 1 heterocycles. The van der Waals surface area contributed by atoms with Gasteiger partial charge in [0.05, 0.1) is 12.3 Å². The molecule has 0 atom stereocenters. The molecule has 2 N–H and O–H groups in total. The maximum Gasteiger partial charge on any atom is 0.325 e. The summed E-state index contributed by atoms with van der Waals surface area (Å²) in [4.78, 5) is 12.2. The number of anilines is 2. The number of hydrogen-bond donors (Lipinski definition) is 2. The summed E-state index contributed by atoms with van der Waals surface area (Å²) in [6, 6.07) is 7.01. The summed E-state index contributed by atoms with van der Waals surface area (Å²) < 4.78 is 5.50. The van der Waals surface area contributed by atoms with Crippen LogP contribution in [0.1, 0.15) is 50.0 Å². The smallest absolute Gasteiger partial charge is 0.325 e. The number of para-hydroxylation sites is 2. The van der Waals surface area contributed by atoms with Crippen LogP contribution in [0.4, 0.5) is 15.6 Å². The lowest BCUT2D eigenvalue weighted by atomic mass is 9.90. The Kier molecular flexibility index (Phi) is 5.63. The predicted octanol–water partition coefficient (Wildman–Crippen LogP) is 4.63. The fourth-order valence-electron chi connectivity index (χ4n) is 2.90. The van der Waals surface area contributed by atoms with Crippen molar-refractivity contribution in [1.29, 1.82) is 0 Å². The van der Waals surface area contributed by atoms with E-state index < -0.39 is 0 Å². The maximum absolute atomic E-state index is 12.2. The molecule has 7 heteroatoms. The highest BCUT2D eigenvalue weighted by atomic mass is 32.1. The highest BCUT2D eigenvalue weighted by Gasteiger charge is 2.20. The van der Waals surface area contributed by atoms with E-state index in [0.29, 0.717) is 29.1 Å². The Labute approximate surface area is 145 Å². The standard InChI is InChI=1S/C17H22N4O2S/c1-2-23-14-11-7-6-10-13(14)18-16(22)19-17-21-20-15(24-17)12-8-4-3-5-9-12/h6-7,10-12H,2-5,8-9H2,1H3,(H2,18,19,21,22). The Morgan fingerprint density at radius 1 is 1.21 bits per heavy atom. The molecule has 2 aromatic rings. The number of amides is 2. The van der Waals surface area contributed by atoms with Gasteiger partial charge in [0.15, 0.2) is 0 Å². The van der Waals surface area contributed by atoms with Gasteiger partial charge in [-0.25, -0.2) is 4.79 Å². The van der Waals surface area contributed by atoms with Gasteiger partial charge in [-0.05, 0) is 31.9 Å². The van der Waals surface area contributed by atoms with Crippen molar-refractivity contribution in [1.82, 2.24) is 10.2 Å². The number of ether oxygens (including phenoxy) is 1. The Morgan fingerprint density at radius 3 is 2.79 bits per heavy atom. The second-order valence-electron chi connectivity index (χ2n) is 5.79. The summed E-state index contributed by atoms with van der Waals surface area (Å²) >= 11 is 1.47. The second-order valence-corrected chi connectivity index (χ2v) is 6.80. The lowest BCUT2D eigenvalue weighted by Gasteiger charge is -2.18. The SMILES string of the molecule is CCOc1ccccc1NC(=O)Nc1nnc(C2CCCCC2)s1. The fourth-order valence-corrected chi connectivity index (χ4v) is 3.81. The number of carbonyl (C=O) groups is 1. The van der Waals surface area contributed by atoms with E-state index in [1.807, 2.05) is 25.1 Å². The van der Waals surface area contributed by atoms with Crippen molar-refractivity contribution in [2.24, 2.45) is 0 Å². The second kappa shape index (κ2) is 8.10. The monoisotopic (exact) mass is 346 g/mol. The molecule has 6 nitrogen and oxygen atoms in total. The Hall–Kier alpha value is -2.15. The Morgan fingerprint density at radius 2 is 2.00 bits per heavy atom. The number of nitrogens with zero attached hydrogens (tertiary/aromatic N) is 2. The normalized spacial score (nSPS) is 15.0. The highest BCUT2D eigenvalue weighted by molar-refractivity contribution is 7.15. The number of benzene rings is 1. The van der Waals surface area contributed by atoms with Crippen LogP contribution in [0.2, 0.25) is 0 Å². The minimum absolute atomic E-state index is 0.339. The van der Waals surface area contributed by atoms with Gasteiger partial charge in [-0.1, -0.05) is 42.7 Å². The number of urea groups is 1. The number of nitrogens with one attached hydrogen (secondary N) is 2. The summed E-state index contributed by atoms with van der Waals surface area (Å²) in [5.41, 5.74) is 0.633. The average Bonchev–Trinajstić information content (AvgIpc) is 3.06. The van der Waals surface area contributed by atoms with Crippen LogP contribution in [0.5, 0.6) is 5.75 Å². The summed E-state index contributed by atoms with van der Waals surface area (Å²) in [6.07, 6.45) is 6.15. The van der Waals surface area contributed by atoms with E-state index in [-0.39, 0.29) is 6.03 Å². The highest BCUT2D eigenvalue weighted by Crippen LogP contribution is 2.35. The van der Waals surface area contributed by atoms with Crippen molar-refractivity contribution in [2.75, 3.05) is 17.2 Å². The van der Waals surface area contributed by atoms with E-state index in [1.165, 1.54) is 43.4 Å². The Bertz CT molecular complexity index is 683. The molecule has 1 saturated carbocycles. The van der Waals surface area contributed by atoms with Gasteiger partial charge >= 0.3 is 6.03 Å². The third-order valence-electron chi connectivity index (χ3n) is 4.05. The van der Waals surface area contributed by atoms with Gasteiger partial charge in [-0.3, -0.25) is 5.32 Å². The van der Waals surface area contributed by atoms with E-state index in [9.17, 15) is 4.79 Å². The first-order valence-corrected chi connectivity index (χ1v) is 9.21. The molecule has 0 radical (unpaired) electrons. The minimum Gasteiger partial charge on any atom is -0.492 e. The number of aromatic nitrogens is 2. The van der Waals surface area contributed by atoms with Gasteiger partial charge in [-0.15, -0.1) is 10.2 Å². The minimum atomic E-state index is -0.339. The number of carbonyl (C=O) groups excluding carboxylic acids is 1. The molecular formula is C17H22N4O2S. The van der Waals surface area contributed by atoms with E-state index >= 15 is 0 Å². The van der Waals surface area contributed by atoms with Gasteiger partial charge in [0.2, 0.25) is 5.13 Å². The molecule has 1 fully saturated rings. The molecular weight excluding hydrogens is 324 g/mol. The molecule has 0 aliphatic heterocycles. The molecule has 1 aromatic heterocycles. The first kappa shape index (κ1) is 16.7. The van der Waals surface area contributed by atoms with E-state index in [2.05, 4.69) is 20.8 Å². The van der Waals surface area contributed by atoms with Crippen molar-refractivity contribution in [3.8, 4) is 5.75 Å². The molecule has 3 rings (SSSR count). The maximum atomic E-state index is 12.2. The topological polar surface area (TPSA) is 76.1 Å². The average molecular weight is 346 g/mol. The first-order chi connectivity index (χ1) is 11.8. The zero-order chi connectivity index (χ0) is 16.8. The van der Waals surface area contributed by atoms with Gasteiger partial charge in [-0.2, -0.15) is 0 Å². The summed E-state index contributed by atoms with van der Waals surface area (Å²) in [7, 11) is 0. The number of hydrogen-bond acceptors (Lipinski definition) is 5. The molecule has 24 heavy (non-hydrogen) atoms. The van der Waals surface area contributed by atoms with Crippen LogP contribution >= 0.6 is 11.3 Å². The molecule has 1 aliphatic carbocycles. The lowest BCUT2D eigenvalue weighted by molar-refractivity contribution is 0.262. The molecule has 128 valence electrons. The van der Waals surface area contributed by atoms with Crippen LogP contribution < -0.4 is 15.4 Å². The fraction of sp³-hybridized carbons (Fsp3) is 0.471. The summed E-state index contributed by atoms with van der Waals surface area (Å²) in [6.45, 7) is 2.45. The van der Waals surface area contributed by atoms with Crippen molar-refractivity contribution >= 4 is 28.2 Å². The lowest BCUT2D eigenvalue weighted by Crippen LogP contribution is -2.19. The van der Waals surface area contributed by atoms with Crippen molar-refractivity contribution in [3.05, 3.63) is 29.3 Å². The van der Waals surface area contributed by atoms with Crippen LogP contribution in [0.15, 0.2) is 24.3 Å². The summed E-state index contributed by atoms with van der Waals surface area (Å²) in [5, 5.41) is 15.5.